The van der Waals surface area contributed by atoms with Crippen LogP contribution in [-0.2, 0) is 4.79 Å². The van der Waals surface area contributed by atoms with E-state index in [-0.39, 0.29) is 11.8 Å². The van der Waals surface area contributed by atoms with Crippen LogP contribution in [0.1, 0.15) is 47.0 Å². The largest absolute Gasteiger partial charge is 0.321 e. The number of carbonyl (C=O) groups excluding carboxylic acids is 1. The van der Waals surface area contributed by atoms with Crippen molar-refractivity contribution in [2.45, 2.75) is 53.0 Å². The standard InChI is InChI=1S/C11H23NO/c1-8(2)6-5-7-9(3)11(12)10(4)13/h8-9,11H,5-7,12H2,1-4H3/t9-,11+/m0/s1. The quantitative estimate of drug-likeness (QED) is 0.690. The number of nitrogens with two attached hydrogens (primary N) is 1. The highest BCUT2D eigenvalue weighted by Gasteiger charge is 2.16. The molecule has 2 atom stereocenters. The molecule has 0 saturated heterocycles. The van der Waals surface area contributed by atoms with Crippen LogP contribution in [0.25, 0.3) is 0 Å². The van der Waals surface area contributed by atoms with Gasteiger partial charge in [0.15, 0.2) is 0 Å². The van der Waals surface area contributed by atoms with Crippen LogP contribution in [0.2, 0.25) is 0 Å². The first-order valence-electron chi connectivity index (χ1n) is 5.21. The number of hydrogen-bond donors (Lipinski definition) is 1. The van der Waals surface area contributed by atoms with Crippen molar-refractivity contribution in [3.63, 3.8) is 0 Å². The molecule has 0 aliphatic rings. The van der Waals surface area contributed by atoms with Gasteiger partial charge in [0.05, 0.1) is 6.04 Å². The summed E-state index contributed by atoms with van der Waals surface area (Å²) < 4.78 is 0. The van der Waals surface area contributed by atoms with E-state index in [0.717, 1.165) is 12.3 Å². The maximum atomic E-state index is 11.0. The molecule has 2 N–H and O–H groups in total. The van der Waals surface area contributed by atoms with Crippen LogP contribution in [-0.4, -0.2) is 11.8 Å². The smallest absolute Gasteiger partial charge is 0.146 e. The third kappa shape index (κ3) is 5.81. The fourth-order valence-electron chi connectivity index (χ4n) is 1.43. The van der Waals surface area contributed by atoms with Crippen molar-refractivity contribution in [3.05, 3.63) is 0 Å². The summed E-state index contributed by atoms with van der Waals surface area (Å²) in [5.41, 5.74) is 5.73. The van der Waals surface area contributed by atoms with Crippen LogP contribution in [0.4, 0.5) is 0 Å². The van der Waals surface area contributed by atoms with Crippen LogP contribution >= 0.6 is 0 Å². The highest BCUT2D eigenvalue weighted by molar-refractivity contribution is 5.81. The van der Waals surface area contributed by atoms with Gasteiger partial charge in [0.2, 0.25) is 0 Å². The number of rotatable bonds is 6. The van der Waals surface area contributed by atoms with Gasteiger partial charge in [-0.25, -0.2) is 0 Å². The minimum Gasteiger partial charge on any atom is -0.321 e. The molecule has 0 unspecified atom stereocenters. The molecule has 2 heteroatoms. The van der Waals surface area contributed by atoms with E-state index in [9.17, 15) is 4.79 Å². The van der Waals surface area contributed by atoms with E-state index >= 15 is 0 Å². The molecule has 78 valence electrons. The lowest BCUT2D eigenvalue weighted by molar-refractivity contribution is -0.119. The second kappa shape index (κ2) is 6.14. The summed E-state index contributed by atoms with van der Waals surface area (Å²) in [6.07, 6.45) is 3.48. The van der Waals surface area contributed by atoms with Gasteiger partial charge in [0, 0.05) is 0 Å². The second-order valence-corrected chi connectivity index (χ2v) is 4.44. The first-order chi connectivity index (χ1) is 5.95. The van der Waals surface area contributed by atoms with E-state index in [1.54, 1.807) is 6.92 Å². The molecule has 13 heavy (non-hydrogen) atoms. The van der Waals surface area contributed by atoms with Crippen LogP contribution < -0.4 is 5.73 Å². The molecule has 0 rings (SSSR count). The second-order valence-electron chi connectivity index (χ2n) is 4.44. The molecule has 0 radical (unpaired) electrons. The highest BCUT2D eigenvalue weighted by atomic mass is 16.1. The summed E-state index contributed by atoms with van der Waals surface area (Å²) in [7, 11) is 0. The van der Waals surface area contributed by atoms with E-state index in [1.165, 1.54) is 12.8 Å². The Morgan fingerprint density at radius 1 is 1.23 bits per heavy atom. The minimum atomic E-state index is -0.257. The van der Waals surface area contributed by atoms with Crippen molar-refractivity contribution in [3.8, 4) is 0 Å². The monoisotopic (exact) mass is 185 g/mol. The van der Waals surface area contributed by atoms with Crippen molar-refractivity contribution < 1.29 is 4.79 Å². The summed E-state index contributed by atoms with van der Waals surface area (Å²) >= 11 is 0. The van der Waals surface area contributed by atoms with Gasteiger partial charge in [-0.15, -0.1) is 0 Å². The Morgan fingerprint density at radius 3 is 2.15 bits per heavy atom. The van der Waals surface area contributed by atoms with Crippen molar-refractivity contribution in [1.29, 1.82) is 0 Å². The molecule has 0 heterocycles. The summed E-state index contributed by atoms with van der Waals surface area (Å²) in [6.45, 7) is 8.07. The van der Waals surface area contributed by atoms with Crippen LogP contribution in [0, 0.1) is 11.8 Å². The molecule has 0 aliphatic heterocycles. The lowest BCUT2D eigenvalue weighted by Crippen LogP contribution is -2.35. The summed E-state index contributed by atoms with van der Waals surface area (Å²) in [5, 5.41) is 0. The summed E-state index contributed by atoms with van der Waals surface area (Å²) in [5.74, 6) is 1.19. The molecule has 2 nitrogen and oxygen atoms in total. The molecule has 0 aromatic heterocycles. The van der Waals surface area contributed by atoms with Crippen molar-refractivity contribution in [1.82, 2.24) is 0 Å². The number of carbonyl (C=O) groups is 1. The van der Waals surface area contributed by atoms with Crippen LogP contribution in [0.5, 0.6) is 0 Å². The molecule has 0 spiro atoms. The molecular formula is C11H23NO. The Bertz CT molecular complexity index is 154. The first-order valence-corrected chi connectivity index (χ1v) is 5.21. The van der Waals surface area contributed by atoms with E-state index in [0.29, 0.717) is 5.92 Å². The molecule has 0 fully saturated rings. The maximum Gasteiger partial charge on any atom is 0.146 e. The third-order valence-electron chi connectivity index (χ3n) is 2.52. The van der Waals surface area contributed by atoms with E-state index < -0.39 is 0 Å². The topological polar surface area (TPSA) is 43.1 Å². The molecular weight excluding hydrogens is 162 g/mol. The van der Waals surface area contributed by atoms with Crippen molar-refractivity contribution >= 4 is 5.78 Å². The zero-order valence-corrected chi connectivity index (χ0v) is 9.34. The van der Waals surface area contributed by atoms with Gasteiger partial charge in [-0.3, -0.25) is 4.79 Å². The highest BCUT2D eigenvalue weighted by Crippen LogP contribution is 2.14. The Morgan fingerprint density at radius 2 is 1.77 bits per heavy atom. The van der Waals surface area contributed by atoms with Gasteiger partial charge >= 0.3 is 0 Å². The zero-order valence-electron chi connectivity index (χ0n) is 9.34. The summed E-state index contributed by atoms with van der Waals surface area (Å²) in [6, 6.07) is -0.257. The third-order valence-corrected chi connectivity index (χ3v) is 2.52. The average molecular weight is 185 g/mol. The number of hydrogen-bond acceptors (Lipinski definition) is 2. The molecule has 0 bridgehead atoms. The number of Topliss-reactive ketones (excluding diaryl/α,β-unsaturated/α-hetero) is 1. The molecule has 0 saturated carbocycles. The fraction of sp³-hybridized carbons (Fsp3) is 0.909. The van der Waals surface area contributed by atoms with Gasteiger partial charge in [0.25, 0.3) is 0 Å². The van der Waals surface area contributed by atoms with Gasteiger partial charge in [-0.05, 0) is 25.2 Å². The minimum absolute atomic E-state index is 0.108. The van der Waals surface area contributed by atoms with Crippen LogP contribution in [0.3, 0.4) is 0 Å². The molecule has 0 aromatic carbocycles. The zero-order chi connectivity index (χ0) is 10.4. The van der Waals surface area contributed by atoms with Gasteiger partial charge in [-0.1, -0.05) is 33.6 Å². The predicted octanol–water partition coefficient (Wildman–Crippen LogP) is 2.37. The van der Waals surface area contributed by atoms with Gasteiger partial charge < -0.3 is 5.73 Å². The Hall–Kier alpha value is -0.370. The first kappa shape index (κ1) is 12.6. The van der Waals surface area contributed by atoms with E-state index in [4.69, 9.17) is 5.73 Å². The lowest BCUT2D eigenvalue weighted by Gasteiger charge is -2.17. The van der Waals surface area contributed by atoms with E-state index in [2.05, 4.69) is 20.8 Å². The molecule has 0 aromatic rings. The fourth-order valence-corrected chi connectivity index (χ4v) is 1.43. The average Bonchev–Trinajstić information content (AvgIpc) is 2.02. The predicted molar refractivity (Wildman–Crippen MR) is 56.5 cm³/mol. The van der Waals surface area contributed by atoms with Gasteiger partial charge in [-0.2, -0.15) is 0 Å². The summed E-state index contributed by atoms with van der Waals surface area (Å²) in [4.78, 5) is 11.0. The molecule has 0 aliphatic carbocycles. The van der Waals surface area contributed by atoms with Crippen LogP contribution in [0.15, 0.2) is 0 Å². The van der Waals surface area contributed by atoms with Gasteiger partial charge in [0.1, 0.15) is 5.78 Å². The van der Waals surface area contributed by atoms with Crippen molar-refractivity contribution in [2.75, 3.05) is 0 Å². The van der Waals surface area contributed by atoms with E-state index in [1.807, 2.05) is 0 Å². The normalized spacial score (nSPS) is 15.8. The Balaban J connectivity index is 3.61. The Kier molecular flexibility index (Phi) is 5.97. The molecule has 0 amide bonds. The lowest BCUT2D eigenvalue weighted by atomic mass is 9.92. The van der Waals surface area contributed by atoms with Crippen molar-refractivity contribution in [2.24, 2.45) is 17.6 Å². The maximum absolute atomic E-state index is 11.0. The SMILES string of the molecule is CC(=O)[C@H](N)[C@@H](C)CCCC(C)C. The number of ketones is 1. The Labute approximate surface area is 81.9 Å².